The van der Waals surface area contributed by atoms with Crippen LogP contribution in [0.1, 0.15) is 19.2 Å². The molecule has 0 bridgehead atoms. The maximum absolute atomic E-state index is 12.2. The Hall–Kier alpha value is -3.39. The van der Waals surface area contributed by atoms with Gasteiger partial charge in [0.1, 0.15) is 18.1 Å². The van der Waals surface area contributed by atoms with E-state index in [1.807, 2.05) is 31.2 Å². The Morgan fingerprint density at radius 2 is 1.70 bits per heavy atom. The van der Waals surface area contributed by atoms with Crippen LogP contribution in [-0.2, 0) is 16.0 Å². The molecule has 0 radical (unpaired) electrons. The summed E-state index contributed by atoms with van der Waals surface area (Å²) in [4.78, 5) is 16.6. The highest BCUT2D eigenvalue weighted by molar-refractivity contribution is 5.90. The number of aryl methyl sites for hydroxylation is 1. The molecule has 8 heteroatoms. The lowest BCUT2D eigenvalue weighted by Crippen LogP contribution is -2.12. The van der Waals surface area contributed by atoms with Crippen molar-refractivity contribution in [3.63, 3.8) is 0 Å². The van der Waals surface area contributed by atoms with Gasteiger partial charge < -0.3 is 24.1 Å². The summed E-state index contributed by atoms with van der Waals surface area (Å²) in [7, 11) is 1.62. The van der Waals surface area contributed by atoms with Crippen molar-refractivity contribution in [1.82, 2.24) is 10.1 Å². The smallest absolute Gasteiger partial charge is 0.227 e. The fraction of sp³-hybridized carbons (Fsp3) is 0.318. The predicted molar refractivity (Wildman–Crippen MR) is 112 cm³/mol. The van der Waals surface area contributed by atoms with E-state index in [0.717, 1.165) is 17.1 Å². The standard InChI is InChI=1S/C22H25N3O5/c1-3-28-18-8-4-16(5-9-18)22-24-21(30-25-22)13-12-20(26)23-17-6-10-19(11-7-17)29-15-14-27-2/h4-11H,3,12-15H2,1-2H3,(H,23,26). The highest BCUT2D eigenvalue weighted by atomic mass is 16.5. The van der Waals surface area contributed by atoms with Crippen LogP contribution < -0.4 is 14.8 Å². The van der Waals surface area contributed by atoms with E-state index < -0.39 is 0 Å². The maximum Gasteiger partial charge on any atom is 0.227 e. The van der Waals surface area contributed by atoms with Gasteiger partial charge in [-0.05, 0) is 55.5 Å². The SMILES string of the molecule is CCOc1ccc(-c2noc(CCC(=O)Nc3ccc(OCCOC)cc3)n2)cc1. The second kappa shape index (κ2) is 11.0. The van der Waals surface area contributed by atoms with Gasteiger partial charge in [0.2, 0.25) is 17.6 Å². The van der Waals surface area contributed by atoms with Crippen molar-refractivity contribution >= 4 is 11.6 Å². The van der Waals surface area contributed by atoms with Gasteiger partial charge in [0.15, 0.2) is 0 Å². The van der Waals surface area contributed by atoms with Crippen LogP contribution in [0, 0.1) is 0 Å². The lowest BCUT2D eigenvalue weighted by atomic mass is 10.2. The zero-order valence-electron chi connectivity index (χ0n) is 17.1. The number of nitrogens with one attached hydrogen (secondary N) is 1. The molecule has 0 fully saturated rings. The largest absolute Gasteiger partial charge is 0.494 e. The number of amides is 1. The van der Waals surface area contributed by atoms with Gasteiger partial charge in [0.05, 0.1) is 13.2 Å². The predicted octanol–water partition coefficient (Wildman–Crippen LogP) is 3.73. The second-order valence-corrected chi connectivity index (χ2v) is 6.38. The summed E-state index contributed by atoms with van der Waals surface area (Å²) in [6.07, 6.45) is 0.588. The van der Waals surface area contributed by atoms with Gasteiger partial charge in [-0.25, -0.2) is 0 Å². The molecule has 0 spiro atoms. The van der Waals surface area contributed by atoms with Crippen LogP contribution in [0.2, 0.25) is 0 Å². The molecular formula is C22H25N3O5. The van der Waals surface area contributed by atoms with Crippen molar-refractivity contribution < 1.29 is 23.5 Å². The maximum atomic E-state index is 12.2. The zero-order chi connectivity index (χ0) is 21.2. The average molecular weight is 411 g/mol. The Morgan fingerprint density at radius 3 is 2.40 bits per heavy atom. The first-order chi connectivity index (χ1) is 14.7. The molecule has 158 valence electrons. The van der Waals surface area contributed by atoms with Gasteiger partial charge in [-0.2, -0.15) is 4.98 Å². The third-order valence-electron chi connectivity index (χ3n) is 4.15. The summed E-state index contributed by atoms with van der Waals surface area (Å²) in [6.45, 7) is 3.54. The monoisotopic (exact) mass is 411 g/mol. The molecule has 0 atom stereocenters. The number of rotatable bonds is 11. The number of hydrogen-bond acceptors (Lipinski definition) is 7. The molecule has 2 aromatic carbocycles. The Labute approximate surface area is 175 Å². The number of hydrogen-bond donors (Lipinski definition) is 1. The van der Waals surface area contributed by atoms with Crippen molar-refractivity contribution in [1.29, 1.82) is 0 Å². The number of carbonyl (C=O) groups is 1. The molecule has 0 aliphatic carbocycles. The molecule has 3 aromatic rings. The van der Waals surface area contributed by atoms with Crippen molar-refractivity contribution in [2.45, 2.75) is 19.8 Å². The fourth-order valence-electron chi connectivity index (χ4n) is 2.66. The summed E-state index contributed by atoms with van der Waals surface area (Å²) in [5.74, 6) is 2.27. The number of benzene rings is 2. The van der Waals surface area contributed by atoms with Crippen molar-refractivity contribution in [3.8, 4) is 22.9 Å². The van der Waals surface area contributed by atoms with Gasteiger partial charge in [-0.1, -0.05) is 5.16 Å². The first kappa shape index (κ1) is 21.3. The van der Waals surface area contributed by atoms with E-state index in [9.17, 15) is 4.79 Å². The Kier molecular flexibility index (Phi) is 7.79. The third kappa shape index (κ3) is 6.31. The summed E-state index contributed by atoms with van der Waals surface area (Å²) in [6, 6.07) is 14.6. The molecule has 0 saturated carbocycles. The van der Waals surface area contributed by atoms with Crippen LogP contribution >= 0.6 is 0 Å². The highest BCUT2D eigenvalue weighted by Gasteiger charge is 2.11. The van der Waals surface area contributed by atoms with Gasteiger partial charge in [-0.15, -0.1) is 0 Å². The summed E-state index contributed by atoms with van der Waals surface area (Å²) < 4.78 is 21.1. The van der Waals surface area contributed by atoms with Crippen LogP contribution in [0.25, 0.3) is 11.4 Å². The van der Waals surface area contributed by atoms with E-state index in [4.69, 9.17) is 18.7 Å². The van der Waals surface area contributed by atoms with Crippen molar-refractivity contribution in [2.24, 2.45) is 0 Å². The molecule has 0 aliphatic heterocycles. The molecule has 8 nitrogen and oxygen atoms in total. The van der Waals surface area contributed by atoms with Gasteiger partial charge >= 0.3 is 0 Å². The number of anilines is 1. The van der Waals surface area contributed by atoms with Gasteiger partial charge in [0, 0.05) is 31.2 Å². The number of aromatic nitrogens is 2. The van der Waals surface area contributed by atoms with Crippen LogP contribution in [-0.4, -0.2) is 43.0 Å². The molecule has 3 rings (SSSR count). The molecule has 1 N–H and O–H groups in total. The average Bonchev–Trinajstić information content (AvgIpc) is 3.24. The lowest BCUT2D eigenvalue weighted by Gasteiger charge is -2.07. The molecule has 30 heavy (non-hydrogen) atoms. The van der Waals surface area contributed by atoms with Crippen molar-refractivity contribution in [2.75, 3.05) is 32.2 Å². The number of ether oxygens (including phenoxy) is 3. The van der Waals surface area contributed by atoms with E-state index in [1.165, 1.54) is 0 Å². The lowest BCUT2D eigenvalue weighted by molar-refractivity contribution is -0.116. The zero-order valence-corrected chi connectivity index (χ0v) is 17.1. The van der Waals surface area contributed by atoms with Gasteiger partial charge in [0.25, 0.3) is 0 Å². The first-order valence-corrected chi connectivity index (χ1v) is 9.75. The van der Waals surface area contributed by atoms with Crippen molar-refractivity contribution in [3.05, 3.63) is 54.4 Å². The Balaban J connectivity index is 1.47. The van der Waals surface area contributed by atoms with E-state index >= 15 is 0 Å². The highest BCUT2D eigenvalue weighted by Crippen LogP contribution is 2.20. The van der Waals surface area contributed by atoms with Crippen LogP contribution in [0.5, 0.6) is 11.5 Å². The molecule has 0 saturated heterocycles. The fourth-order valence-corrected chi connectivity index (χ4v) is 2.66. The number of methoxy groups -OCH3 is 1. The quantitative estimate of drug-likeness (QED) is 0.480. The van der Waals surface area contributed by atoms with Crippen LogP contribution in [0.4, 0.5) is 5.69 Å². The summed E-state index contributed by atoms with van der Waals surface area (Å²) in [5, 5.41) is 6.82. The Bertz CT molecular complexity index is 923. The molecular weight excluding hydrogens is 386 g/mol. The second-order valence-electron chi connectivity index (χ2n) is 6.38. The minimum Gasteiger partial charge on any atom is -0.494 e. The van der Waals surface area contributed by atoms with E-state index in [1.54, 1.807) is 31.4 Å². The number of carbonyl (C=O) groups excluding carboxylic acids is 1. The van der Waals surface area contributed by atoms with E-state index in [-0.39, 0.29) is 12.3 Å². The summed E-state index contributed by atoms with van der Waals surface area (Å²) >= 11 is 0. The summed E-state index contributed by atoms with van der Waals surface area (Å²) in [5.41, 5.74) is 1.52. The molecule has 0 aliphatic rings. The normalized spacial score (nSPS) is 10.6. The van der Waals surface area contributed by atoms with E-state index in [0.29, 0.717) is 43.6 Å². The van der Waals surface area contributed by atoms with Gasteiger partial charge in [-0.3, -0.25) is 4.79 Å². The minimum absolute atomic E-state index is 0.135. The topological polar surface area (TPSA) is 95.7 Å². The van der Waals surface area contributed by atoms with Crippen LogP contribution in [0.15, 0.2) is 53.1 Å². The molecule has 1 aromatic heterocycles. The molecule has 1 amide bonds. The molecule has 0 unspecified atom stereocenters. The third-order valence-corrected chi connectivity index (χ3v) is 4.15. The molecule has 1 heterocycles. The first-order valence-electron chi connectivity index (χ1n) is 9.75. The minimum atomic E-state index is -0.135. The number of nitrogens with zero attached hydrogens (tertiary/aromatic N) is 2. The van der Waals surface area contributed by atoms with E-state index in [2.05, 4.69) is 15.5 Å². The Morgan fingerprint density at radius 1 is 1.00 bits per heavy atom. The van der Waals surface area contributed by atoms with Crippen LogP contribution in [0.3, 0.4) is 0 Å².